The number of aryl methyl sites for hydroxylation is 1. The van der Waals surface area contributed by atoms with Crippen LogP contribution in [0.3, 0.4) is 0 Å². The predicted octanol–water partition coefficient (Wildman–Crippen LogP) is 3.46. The summed E-state index contributed by atoms with van der Waals surface area (Å²) in [6.07, 6.45) is 0.641. The summed E-state index contributed by atoms with van der Waals surface area (Å²) >= 11 is 0. The third-order valence-corrected chi connectivity index (χ3v) is 3.28. The van der Waals surface area contributed by atoms with Crippen LogP contribution in [0.25, 0.3) is 0 Å². The molecule has 0 saturated heterocycles. The zero-order valence-corrected chi connectivity index (χ0v) is 12.2. The van der Waals surface area contributed by atoms with E-state index in [-0.39, 0.29) is 5.56 Å². The fraction of sp³-hybridized carbons (Fsp3) is 0.111. The third-order valence-electron chi connectivity index (χ3n) is 3.28. The van der Waals surface area contributed by atoms with Crippen LogP contribution in [0.5, 0.6) is 11.5 Å². The summed E-state index contributed by atoms with van der Waals surface area (Å²) in [4.78, 5) is 11.0. The van der Waals surface area contributed by atoms with Gasteiger partial charge in [0.1, 0.15) is 11.5 Å². The van der Waals surface area contributed by atoms with Crippen LogP contribution in [0.15, 0.2) is 65.5 Å². The first-order chi connectivity index (χ1) is 10.7. The maximum Gasteiger partial charge on any atom is 0.264 e. The van der Waals surface area contributed by atoms with E-state index in [1.54, 1.807) is 6.07 Å². The van der Waals surface area contributed by atoms with Crippen LogP contribution >= 0.6 is 0 Å². The number of hydrogen-bond donors (Lipinski definition) is 1. The van der Waals surface area contributed by atoms with E-state index in [1.807, 2.05) is 55.5 Å². The molecular weight excluding hydrogens is 276 g/mol. The first-order valence-corrected chi connectivity index (χ1v) is 7.07. The minimum absolute atomic E-state index is 0.194. The first-order valence-electron chi connectivity index (χ1n) is 7.07. The van der Waals surface area contributed by atoms with Gasteiger partial charge in [-0.3, -0.25) is 4.79 Å². The van der Waals surface area contributed by atoms with Crippen molar-refractivity contribution in [1.29, 1.82) is 0 Å². The van der Waals surface area contributed by atoms with Gasteiger partial charge in [-0.1, -0.05) is 29.8 Å². The molecule has 22 heavy (non-hydrogen) atoms. The van der Waals surface area contributed by atoms with Crippen molar-refractivity contribution in [2.75, 3.05) is 0 Å². The number of ether oxygens (including phenoxy) is 1. The van der Waals surface area contributed by atoms with Crippen LogP contribution in [0.4, 0.5) is 0 Å². The van der Waals surface area contributed by atoms with Gasteiger partial charge in [0, 0.05) is 12.5 Å². The third kappa shape index (κ3) is 3.61. The summed E-state index contributed by atoms with van der Waals surface area (Å²) in [7, 11) is 0. The zero-order valence-electron chi connectivity index (χ0n) is 12.2. The fourth-order valence-electron chi connectivity index (χ4n) is 2.14. The molecule has 0 radical (unpaired) electrons. The van der Waals surface area contributed by atoms with E-state index in [4.69, 9.17) is 4.74 Å². The van der Waals surface area contributed by atoms with Gasteiger partial charge < -0.3 is 4.74 Å². The van der Waals surface area contributed by atoms with E-state index in [1.165, 1.54) is 11.6 Å². The second kappa shape index (κ2) is 6.26. The van der Waals surface area contributed by atoms with E-state index in [0.717, 1.165) is 22.8 Å². The van der Waals surface area contributed by atoms with Crippen molar-refractivity contribution in [3.8, 4) is 11.5 Å². The second-order valence-electron chi connectivity index (χ2n) is 5.15. The van der Waals surface area contributed by atoms with Gasteiger partial charge >= 0.3 is 0 Å². The molecule has 0 saturated carbocycles. The Kier molecular flexibility index (Phi) is 4.01. The van der Waals surface area contributed by atoms with Crippen molar-refractivity contribution in [2.24, 2.45) is 0 Å². The fourth-order valence-corrected chi connectivity index (χ4v) is 2.14. The van der Waals surface area contributed by atoms with Crippen molar-refractivity contribution in [1.82, 2.24) is 10.2 Å². The number of aromatic amines is 1. The molecule has 1 heterocycles. The van der Waals surface area contributed by atoms with E-state index in [2.05, 4.69) is 10.2 Å². The lowest BCUT2D eigenvalue weighted by atomic mass is 10.1. The highest BCUT2D eigenvalue weighted by Crippen LogP contribution is 2.23. The van der Waals surface area contributed by atoms with Gasteiger partial charge in [-0.25, -0.2) is 5.10 Å². The summed E-state index contributed by atoms with van der Waals surface area (Å²) in [6.45, 7) is 2.04. The number of hydrogen-bond acceptors (Lipinski definition) is 3. The molecule has 0 bridgehead atoms. The topological polar surface area (TPSA) is 55.0 Å². The number of rotatable bonds is 4. The summed E-state index contributed by atoms with van der Waals surface area (Å²) in [5.74, 6) is 1.59. The van der Waals surface area contributed by atoms with Crippen LogP contribution in [-0.4, -0.2) is 10.2 Å². The summed E-state index contributed by atoms with van der Waals surface area (Å²) in [6, 6.07) is 19.0. The van der Waals surface area contributed by atoms with Gasteiger partial charge in [-0.05, 0) is 42.8 Å². The van der Waals surface area contributed by atoms with Crippen LogP contribution in [0.2, 0.25) is 0 Å². The van der Waals surface area contributed by atoms with E-state index in [0.29, 0.717) is 6.42 Å². The molecule has 1 aromatic heterocycles. The first kappa shape index (κ1) is 14.1. The molecule has 0 aliphatic heterocycles. The molecule has 4 heteroatoms. The second-order valence-corrected chi connectivity index (χ2v) is 5.15. The van der Waals surface area contributed by atoms with E-state index >= 15 is 0 Å². The molecule has 0 aliphatic carbocycles. The molecule has 110 valence electrons. The van der Waals surface area contributed by atoms with Gasteiger partial charge in [0.05, 0.1) is 5.69 Å². The van der Waals surface area contributed by atoms with E-state index in [9.17, 15) is 4.79 Å². The van der Waals surface area contributed by atoms with Gasteiger partial charge in [0.2, 0.25) is 0 Å². The Bertz CT molecular complexity index is 802. The lowest BCUT2D eigenvalue weighted by Crippen LogP contribution is -2.07. The number of benzene rings is 2. The molecule has 2 aromatic carbocycles. The average Bonchev–Trinajstić information content (AvgIpc) is 2.52. The van der Waals surface area contributed by atoms with Crippen molar-refractivity contribution in [3.05, 3.63) is 87.8 Å². The molecule has 3 aromatic rings. The van der Waals surface area contributed by atoms with Crippen molar-refractivity contribution in [2.45, 2.75) is 13.3 Å². The molecule has 0 amide bonds. The Balaban J connectivity index is 1.75. The summed E-state index contributed by atoms with van der Waals surface area (Å²) < 4.78 is 5.85. The van der Waals surface area contributed by atoms with Crippen molar-refractivity contribution in [3.63, 3.8) is 0 Å². The SMILES string of the molecule is Cc1ccc(Oc2cccc(Cc3ccc(=O)[nH]n3)c2)cc1. The highest BCUT2D eigenvalue weighted by Gasteiger charge is 2.02. The highest BCUT2D eigenvalue weighted by molar-refractivity contribution is 5.36. The average molecular weight is 292 g/mol. The minimum Gasteiger partial charge on any atom is -0.457 e. The molecule has 0 aliphatic rings. The summed E-state index contributed by atoms with van der Waals surface area (Å²) in [5, 5.41) is 6.46. The molecule has 4 nitrogen and oxygen atoms in total. The van der Waals surface area contributed by atoms with Gasteiger partial charge in [0.25, 0.3) is 5.56 Å². The molecule has 0 spiro atoms. The van der Waals surface area contributed by atoms with E-state index < -0.39 is 0 Å². The Labute approximate surface area is 128 Å². The smallest absolute Gasteiger partial charge is 0.264 e. The molecule has 3 rings (SSSR count). The Morgan fingerprint density at radius 1 is 1.00 bits per heavy atom. The number of nitrogens with zero attached hydrogens (tertiary/aromatic N) is 1. The van der Waals surface area contributed by atoms with Crippen molar-refractivity contribution < 1.29 is 4.74 Å². The van der Waals surface area contributed by atoms with Crippen LogP contribution < -0.4 is 10.3 Å². The summed E-state index contributed by atoms with van der Waals surface area (Å²) in [5.41, 5.74) is 2.89. The minimum atomic E-state index is -0.194. The number of H-pyrrole nitrogens is 1. The number of nitrogens with one attached hydrogen (secondary N) is 1. The maximum atomic E-state index is 11.0. The standard InChI is InChI=1S/C18H16N2O2/c1-13-5-8-16(9-6-13)22-17-4-2-3-14(12-17)11-15-7-10-18(21)20-19-15/h2-10,12H,11H2,1H3,(H,20,21). The van der Waals surface area contributed by atoms with Crippen LogP contribution in [-0.2, 0) is 6.42 Å². The molecule has 0 fully saturated rings. The Morgan fingerprint density at radius 3 is 2.55 bits per heavy atom. The maximum absolute atomic E-state index is 11.0. The van der Waals surface area contributed by atoms with Gasteiger partial charge in [-0.15, -0.1) is 0 Å². The highest BCUT2D eigenvalue weighted by atomic mass is 16.5. The molecule has 1 N–H and O–H groups in total. The van der Waals surface area contributed by atoms with Crippen LogP contribution in [0, 0.1) is 6.92 Å². The predicted molar refractivity (Wildman–Crippen MR) is 85.4 cm³/mol. The monoisotopic (exact) mass is 292 g/mol. The van der Waals surface area contributed by atoms with Crippen LogP contribution in [0.1, 0.15) is 16.8 Å². The lowest BCUT2D eigenvalue weighted by Gasteiger charge is -2.08. The largest absolute Gasteiger partial charge is 0.457 e. The Hall–Kier alpha value is -2.88. The Morgan fingerprint density at radius 2 is 1.82 bits per heavy atom. The number of aromatic nitrogens is 2. The normalized spacial score (nSPS) is 10.4. The molecule has 0 unspecified atom stereocenters. The molecule has 0 atom stereocenters. The molecular formula is C18H16N2O2. The van der Waals surface area contributed by atoms with Gasteiger partial charge in [-0.2, -0.15) is 5.10 Å². The zero-order chi connectivity index (χ0) is 15.4. The lowest BCUT2D eigenvalue weighted by molar-refractivity contribution is 0.482. The quantitative estimate of drug-likeness (QED) is 0.801. The van der Waals surface area contributed by atoms with Crippen molar-refractivity contribution >= 4 is 0 Å². The van der Waals surface area contributed by atoms with Gasteiger partial charge in [0.15, 0.2) is 0 Å².